The van der Waals surface area contributed by atoms with E-state index in [0.717, 1.165) is 99.5 Å². The van der Waals surface area contributed by atoms with Gasteiger partial charge in [-0.15, -0.1) is 11.3 Å². The fourth-order valence-electron chi connectivity index (χ4n) is 12.7. The van der Waals surface area contributed by atoms with E-state index >= 15 is 0 Å². The summed E-state index contributed by atoms with van der Waals surface area (Å²) in [6.45, 7) is 0. The zero-order chi connectivity index (χ0) is 52.4. The Hall–Kier alpha value is -10.5. The molecule has 0 radical (unpaired) electrons. The minimum Gasteiger partial charge on any atom is -0.309 e. The summed E-state index contributed by atoms with van der Waals surface area (Å²) < 4.78 is 9.60. The normalized spacial score (nSPS) is 12.0. The first-order valence-corrected chi connectivity index (χ1v) is 27.9. The molecule has 0 spiro atoms. The molecule has 80 heavy (non-hydrogen) atoms. The van der Waals surface area contributed by atoms with Crippen molar-refractivity contribution >= 4 is 108 Å². The molecule has 0 bridgehead atoms. The first-order valence-electron chi connectivity index (χ1n) is 27.1. The number of hydrogen-bond acceptors (Lipinski definition) is 4. The molecule has 5 heterocycles. The van der Waals surface area contributed by atoms with Gasteiger partial charge in [-0.05, 0) is 132 Å². The van der Waals surface area contributed by atoms with Crippen molar-refractivity contribution in [2.75, 3.05) is 0 Å². The molecule has 12 aromatic carbocycles. The van der Waals surface area contributed by atoms with E-state index in [1.54, 1.807) is 0 Å². The van der Waals surface area contributed by atoms with Gasteiger partial charge in [-0.3, -0.25) is 0 Å². The number of nitrogens with zero attached hydrogens (tertiary/aromatic N) is 6. The lowest BCUT2D eigenvalue weighted by atomic mass is 9.96. The molecule has 0 amide bonds. The van der Waals surface area contributed by atoms with Crippen molar-refractivity contribution in [2.24, 2.45) is 0 Å². The maximum absolute atomic E-state index is 5.61. The lowest BCUT2D eigenvalue weighted by Crippen LogP contribution is -2.02. The van der Waals surface area contributed by atoms with Gasteiger partial charge in [0.05, 0.1) is 33.1 Å². The average molecular weight is 1040 g/mol. The first-order chi connectivity index (χ1) is 39.7. The molecule has 0 aliphatic carbocycles. The molecule has 0 aliphatic rings. The summed E-state index contributed by atoms with van der Waals surface area (Å²) in [6, 6.07) is 96.3. The van der Waals surface area contributed by atoms with E-state index in [2.05, 4.69) is 281 Å². The first kappa shape index (κ1) is 44.6. The van der Waals surface area contributed by atoms with Crippen LogP contribution in [0.5, 0.6) is 0 Å². The predicted molar refractivity (Wildman–Crippen MR) is 335 cm³/mol. The second kappa shape index (κ2) is 17.5. The Balaban J connectivity index is 0.941. The van der Waals surface area contributed by atoms with E-state index in [0.29, 0.717) is 17.5 Å². The third-order valence-corrected chi connectivity index (χ3v) is 17.5. The second-order valence-corrected chi connectivity index (χ2v) is 21.8. The largest absolute Gasteiger partial charge is 0.309 e. The molecule has 5 aromatic heterocycles. The molecule has 0 saturated carbocycles. The SMILES string of the molecule is c1ccc(-n2c3ccccc3c3cc(-c4nc(-c5ccc6c(c5)c5ccccc5n6-c5ccccc5)nc(-c5ccc(-n6c7ccccc7c7cc8ccccc8cc76)cc5-c5cccc6c5sc5ccccc56)n4)ccc32)cc1. The Morgan fingerprint density at radius 2 is 0.713 bits per heavy atom. The van der Waals surface area contributed by atoms with E-state index in [1.165, 1.54) is 41.7 Å². The highest BCUT2D eigenvalue weighted by Crippen LogP contribution is 2.45. The highest BCUT2D eigenvalue weighted by Gasteiger charge is 2.23. The number of benzene rings is 12. The van der Waals surface area contributed by atoms with Crippen molar-refractivity contribution in [3.63, 3.8) is 0 Å². The van der Waals surface area contributed by atoms with E-state index in [9.17, 15) is 0 Å². The summed E-state index contributed by atoms with van der Waals surface area (Å²) >= 11 is 1.84. The van der Waals surface area contributed by atoms with Crippen LogP contribution in [0.2, 0.25) is 0 Å². The maximum Gasteiger partial charge on any atom is 0.164 e. The van der Waals surface area contributed by atoms with E-state index in [-0.39, 0.29) is 0 Å². The van der Waals surface area contributed by atoms with Crippen molar-refractivity contribution in [2.45, 2.75) is 0 Å². The Bertz CT molecular complexity index is 5200. The topological polar surface area (TPSA) is 53.5 Å². The van der Waals surface area contributed by atoms with Crippen LogP contribution in [-0.4, -0.2) is 28.7 Å². The minimum absolute atomic E-state index is 0.594. The van der Waals surface area contributed by atoms with Crippen molar-refractivity contribution in [3.05, 3.63) is 267 Å². The van der Waals surface area contributed by atoms with Gasteiger partial charge in [0.2, 0.25) is 0 Å². The molecule has 372 valence electrons. The van der Waals surface area contributed by atoms with Crippen LogP contribution in [0.25, 0.3) is 159 Å². The van der Waals surface area contributed by atoms with Gasteiger partial charge in [0, 0.05) is 91.8 Å². The Morgan fingerprint density at radius 1 is 0.250 bits per heavy atom. The molecule has 6 nitrogen and oxygen atoms in total. The summed E-state index contributed by atoms with van der Waals surface area (Å²) in [5.74, 6) is 1.79. The molecule has 0 atom stereocenters. The molecule has 17 aromatic rings. The number of fused-ring (bicyclic) bond motifs is 13. The second-order valence-electron chi connectivity index (χ2n) is 20.7. The fraction of sp³-hybridized carbons (Fsp3) is 0. The van der Waals surface area contributed by atoms with Crippen molar-refractivity contribution in [1.29, 1.82) is 0 Å². The standard InChI is InChI=1S/C73H44N6S/c1-3-20-49(21-4-1)77-63-30-13-9-24-52(63)60-41-47(34-38-66(60)77)71-74-72(48-35-39-67-61(42-48)53-25-10-14-31-64(53)78(67)50-22-5-2-6-23-50)76-73(75-71)58-37-36-51(44-59(58)57-29-17-28-56-55-27-12-16-33-69(55)80-70(56)57)79-65-32-15-11-26-54(65)62-40-45-18-7-8-19-46(45)43-68(62)79/h1-44H. The van der Waals surface area contributed by atoms with Crippen LogP contribution in [0.15, 0.2) is 267 Å². The Labute approximate surface area is 463 Å². The number of rotatable bonds is 7. The molecule has 0 aliphatic heterocycles. The summed E-state index contributed by atoms with van der Waals surface area (Å²) in [7, 11) is 0. The van der Waals surface area contributed by atoms with E-state index < -0.39 is 0 Å². The monoisotopic (exact) mass is 1040 g/mol. The summed E-state index contributed by atoms with van der Waals surface area (Å²) in [4.78, 5) is 16.7. The number of hydrogen-bond donors (Lipinski definition) is 0. The van der Waals surface area contributed by atoms with Gasteiger partial charge in [0.25, 0.3) is 0 Å². The van der Waals surface area contributed by atoms with Crippen LogP contribution < -0.4 is 0 Å². The minimum atomic E-state index is 0.594. The van der Waals surface area contributed by atoms with Crippen LogP contribution >= 0.6 is 11.3 Å². The van der Waals surface area contributed by atoms with Gasteiger partial charge in [-0.2, -0.15) is 0 Å². The predicted octanol–water partition coefficient (Wildman–Crippen LogP) is 19.4. The van der Waals surface area contributed by atoms with Gasteiger partial charge >= 0.3 is 0 Å². The van der Waals surface area contributed by atoms with E-state index in [4.69, 9.17) is 15.0 Å². The van der Waals surface area contributed by atoms with Gasteiger partial charge in [-0.1, -0.05) is 152 Å². The zero-order valence-corrected chi connectivity index (χ0v) is 43.8. The zero-order valence-electron chi connectivity index (χ0n) is 43.0. The van der Waals surface area contributed by atoms with Crippen LogP contribution in [0.4, 0.5) is 0 Å². The molecular weight excluding hydrogens is 993 g/mol. The quantitative estimate of drug-likeness (QED) is 0.160. The molecule has 7 heteroatoms. The summed E-state index contributed by atoms with van der Waals surface area (Å²) in [5, 5.41) is 11.9. The van der Waals surface area contributed by atoms with Crippen molar-refractivity contribution < 1.29 is 0 Å². The van der Waals surface area contributed by atoms with Crippen LogP contribution in [0.1, 0.15) is 0 Å². The van der Waals surface area contributed by atoms with Crippen molar-refractivity contribution in [3.8, 4) is 62.4 Å². The smallest absolute Gasteiger partial charge is 0.164 e. The van der Waals surface area contributed by atoms with E-state index in [1.807, 2.05) is 11.3 Å². The lowest BCUT2D eigenvalue weighted by Gasteiger charge is -2.16. The fourth-order valence-corrected chi connectivity index (χ4v) is 13.9. The highest BCUT2D eigenvalue weighted by atomic mass is 32.1. The molecule has 17 rings (SSSR count). The van der Waals surface area contributed by atoms with Gasteiger partial charge < -0.3 is 13.7 Å². The molecule has 0 N–H and O–H groups in total. The summed E-state index contributed by atoms with van der Waals surface area (Å²) in [6.07, 6.45) is 0. The number of aromatic nitrogens is 6. The summed E-state index contributed by atoms with van der Waals surface area (Å²) in [5.41, 5.74) is 15.0. The van der Waals surface area contributed by atoms with Crippen LogP contribution in [0.3, 0.4) is 0 Å². The molecule has 0 fully saturated rings. The number of para-hydroxylation sites is 5. The maximum atomic E-state index is 5.61. The molecular formula is C73H44N6S. The molecule has 0 unspecified atom stereocenters. The van der Waals surface area contributed by atoms with Gasteiger partial charge in [0.1, 0.15) is 0 Å². The number of thiophene rings is 1. The van der Waals surface area contributed by atoms with Gasteiger partial charge in [-0.25, -0.2) is 15.0 Å². The third kappa shape index (κ3) is 6.81. The molecule has 0 saturated heterocycles. The van der Waals surface area contributed by atoms with Gasteiger partial charge in [0.15, 0.2) is 17.5 Å². The lowest BCUT2D eigenvalue weighted by molar-refractivity contribution is 1.07. The highest BCUT2D eigenvalue weighted by molar-refractivity contribution is 7.26. The Kier molecular flexibility index (Phi) is 9.78. The third-order valence-electron chi connectivity index (χ3n) is 16.3. The van der Waals surface area contributed by atoms with Crippen LogP contribution in [0, 0.1) is 0 Å². The Morgan fingerprint density at radius 3 is 1.31 bits per heavy atom. The van der Waals surface area contributed by atoms with Crippen molar-refractivity contribution in [1.82, 2.24) is 28.7 Å². The average Bonchev–Trinajstić information content (AvgIpc) is 4.28. The van der Waals surface area contributed by atoms with Crippen LogP contribution in [-0.2, 0) is 0 Å².